The molecule has 1 aliphatic heterocycles. The number of hydrogen-bond acceptors (Lipinski definition) is 5. The van der Waals surface area contributed by atoms with E-state index in [1.165, 1.54) is 0 Å². The molecule has 0 aromatic carbocycles. The maximum atomic E-state index is 12.1. The average Bonchev–Trinajstić information content (AvgIpc) is 2.45. The Labute approximate surface area is 145 Å². The van der Waals surface area contributed by atoms with Crippen LogP contribution in [0.25, 0.3) is 0 Å². The topological polar surface area (TPSA) is 58.6 Å². The first-order valence-electron chi connectivity index (χ1n) is 8.65. The van der Waals surface area contributed by atoms with E-state index in [2.05, 4.69) is 14.9 Å². The summed E-state index contributed by atoms with van der Waals surface area (Å²) in [6.45, 7) is 12.3. The molecule has 0 saturated carbocycles. The lowest BCUT2D eigenvalue weighted by Crippen LogP contribution is -2.41. The van der Waals surface area contributed by atoms with E-state index in [0.717, 1.165) is 49.8 Å². The van der Waals surface area contributed by atoms with Gasteiger partial charge >= 0.3 is 6.09 Å². The molecule has 1 aliphatic rings. The monoisotopic (exact) mass is 334 g/mol. The van der Waals surface area contributed by atoms with Gasteiger partial charge in [-0.25, -0.2) is 14.8 Å². The van der Waals surface area contributed by atoms with Gasteiger partial charge in [-0.15, -0.1) is 0 Å². The molecule has 0 unspecified atom stereocenters. The van der Waals surface area contributed by atoms with E-state index in [1.54, 1.807) is 4.90 Å². The highest BCUT2D eigenvalue weighted by Gasteiger charge is 2.25. The van der Waals surface area contributed by atoms with E-state index >= 15 is 0 Å². The molecule has 0 radical (unpaired) electrons. The highest BCUT2D eigenvalue weighted by atomic mass is 16.6. The SMILES string of the molecule is Cc1cc(N2CCC(CN(C)C(=O)OC(C)(C)C)CC2)nc(C)n1. The van der Waals surface area contributed by atoms with Gasteiger partial charge in [-0.2, -0.15) is 0 Å². The Hall–Kier alpha value is -1.85. The molecule has 0 bridgehead atoms. The third-order valence-electron chi connectivity index (χ3n) is 4.13. The normalized spacial score (nSPS) is 16.2. The fourth-order valence-corrected chi connectivity index (χ4v) is 3.01. The van der Waals surface area contributed by atoms with E-state index < -0.39 is 5.60 Å². The van der Waals surface area contributed by atoms with Crippen LogP contribution in [0.4, 0.5) is 10.6 Å². The van der Waals surface area contributed by atoms with Gasteiger partial charge in [-0.05, 0) is 53.4 Å². The summed E-state index contributed by atoms with van der Waals surface area (Å²) < 4.78 is 5.42. The van der Waals surface area contributed by atoms with Crippen LogP contribution in [-0.2, 0) is 4.74 Å². The van der Waals surface area contributed by atoms with Gasteiger partial charge in [-0.3, -0.25) is 0 Å². The van der Waals surface area contributed by atoms with E-state index in [-0.39, 0.29) is 6.09 Å². The Morgan fingerprint density at radius 1 is 1.29 bits per heavy atom. The second-order valence-electron chi connectivity index (χ2n) is 7.71. The molecular weight excluding hydrogens is 304 g/mol. The smallest absolute Gasteiger partial charge is 0.410 e. The average molecular weight is 334 g/mol. The zero-order chi connectivity index (χ0) is 17.9. The molecule has 0 atom stereocenters. The molecule has 1 aromatic heterocycles. The van der Waals surface area contributed by atoms with Gasteiger partial charge in [0.05, 0.1) is 0 Å². The minimum Gasteiger partial charge on any atom is -0.444 e. The van der Waals surface area contributed by atoms with Crippen molar-refractivity contribution in [1.82, 2.24) is 14.9 Å². The maximum absolute atomic E-state index is 12.1. The molecule has 6 nitrogen and oxygen atoms in total. The number of aromatic nitrogens is 2. The minimum atomic E-state index is -0.447. The van der Waals surface area contributed by atoms with Gasteiger partial charge in [0, 0.05) is 38.4 Å². The van der Waals surface area contributed by atoms with Crippen molar-refractivity contribution in [3.63, 3.8) is 0 Å². The van der Waals surface area contributed by atoms with Crippen molar-refractivity contribution in [3.8, 4) is 0 Å². The van der Waals surface area contributed by atoms with Gasteiger partial charge < -0.3 is 14.5 Å². The van der Waals surface area contributed by atoms with Crippen molar-refractivity contribution < 1.29 is 9.53 Å². The molecule has 6 heteroatoms. The maximum Gasteiger partial charge on any atom is 0.410 e. The van der Waals surface area contributed by atoms with Crippen molar-refractivity contribution in [3.05, 3.63) is 17.6 Å². The van der Waals surface area contributed by atoms with Crippen molar-refractivity contribution >= 4 is 11.9 Å². The zero-order valence-electron chi connectivity index (χ0n) is 15.8. The van der Waals surface area contributed by atoms with E-state index in [4.69, 9.17) is 4.74 Å². The third-order valence-corrected chi connectivity index (χ3v) is 4.13. The Morgan fingerprint density at radius 3 is 2.46 bits per heavy atom. The lowest BCUT2D eigenvalue weighted by atomic mass is 9.96. The lowest BCUT2D eigenvalue weighted by Gasteiger charge is -2.35. The molecule has 134 valence electrons. The van der Waals surface area contributed by atoms with E-state index in [0.29, 0.717) is 5.92 Å². The van der Waals surface area contributed by atoms with Gasteiger partial charge in [0.15, 0.2) is 0 Å². The first kappa shape index (κ1) is 18.5. The summed E-state index contributed by atoms with van der Waals surface area (Å²) in [5.41, 5.74) is 0.557. The number of aryl methyl sites for hydroxylation is 2. The summed E-state index contributed by atoms with van der Waals surface area (Å²) >= 11 is 0. The summed E-state index contributed by atoms with van der Waals surface area (Å²) in [6.07, 6.45) is 1.86. The van der Waals surface area contributed by atoms with Crippen LogP contribution in [0.5, 0.6) is 0 Å². The zero-order valence-corrected chi connectivity index (χ0v) is 15.8. The molecule has 2 heterocycles. The Balaban J connectivity index is 1.85. The van der Waals surface area contributed by atoms with Crippen LogP contribution in [0.2, 0.25) is 0 Å². The highest BCUT2D eigenvalue weighted by Crippen LogP contribution is 2.23. The number of carbonyl (C=O) groups is 1. The summed E-state index contributed by atoms with van der Waals surface area (Å²) in [5.74, 6) is 2.33. The van der Waals surface area contributed by atoms with Crippen molar-refractivity contribution in [1.29, 1.82) is 0 Å². The Kier molecular flexibility index (Phi) is 5.67. The minimum absolute atomic E-state index is 0.244. The molecule has 1 fully saturated rings. The fourth-order valence-electron chi connectivity index (χ4n) is 3.01. The molecule has 0 N–H and O–H groups in total. The van der Waals surface area contributed by atoms with Gasteiger partial charge in [0.2, 0.25) is 0 Å². The summed E-state index contributed by atoms with van der Waals surface area (Å²) in [4.78, 5) is 25.0. The number of anilines is 1. The van der Waals surface area contributed by atoms with Crippen LogP contribution in [0, 0.1) is 19.8 Å². The van der Waals surface area contributed by atoms with E-state index in [9.17, 15) is 4.79 Å². The molecule has 1 saturated heterocycles. The van der Waals surface area contributed by atoms with E-state index in [1.807, 2.05) is 47.7 Å². The van der Waals surface area contributed by atoms with Crippen LogP contribution < -0.4 is 4.90 Å². The summed E-state index contributed by atoms with van der Waals surface area (Å²) in [5, 5.41) is 0. The van der Waals surface area contributed by atoms with Crippen LogP contribution in [0.3, 0.4) is 0 Å². The van der Waals surface area contributed by atoms with Gasteiger partial charge in [0.1, 0.15) is 17.2 Å². The van der Waals surface area contributed by atoms with Crippen molar-refractivity contribution in [2.75, 3.05) is 31.6 Å². The second-order valence-corrected chi connectivity index (χ2v) is 7.71. The number of carbonyl (C=O) groups excluding carboxylic acids is 1. The second kappa shape index (κ2) is 7.36. The fraction of sp³-hybridized carbons (Fsp3) is 0.722. The number of amides is 1. The third kappa shape index (κ3) is 5.35. The standard InChI is InChI=1S/C18H30N4O2/c1-13-11-16(20-14(2)19-13)22-9-7-15(8-10-22)12-21(6)17(23)24-18(3,4)5/h11,15H,7-10,12H2,1-6H3. The number of ether oxygens (including phenoxy) is 1. The molecule has 0 aliphatic carbocycles. The Bertz CT molecular complexity index is 555. The van der Waals surface area contributed by atoms with Crippen molar-refractivity contribution in [2.24, 2.45) is 5.92 Å². The molecule has 1 aromatic rings. The first-order chi connectivity index (χ1) is 11.1. The number of rotatable bonds is 3. The predicted molar refractivity (Wildman–Crippen MR) is 95.3 cm³/mol. The Morgan fingerprint density at radius 2 is 1.92 bits per heavy atom. The molecule has 0 spiro atoms. The number of nitrogens with zero attached hydrogens (tertiary/aromatic N) is 4. The molecule has 1 amide bonds. The predicted octanol–water partition coefficient (Wildman–Crippen LogP) is 3.18. The summed E-state index contributed by atoms with van der Waals surface area (Å²) in [7, 11) is 1.82. The molecule has 24 heavy (non-hydrogen) atoms. The van der Waals surface area contributed by atoms with Crippen LogP contribution in [0.15, 0.2) is 6.07 Å². The van der Waals surface area contributed by atoms with Gasteiger partial charge in [-0.1, -0.05) is 0 Å². The summed E-state index contributed by atoms with van der Waals surface area (Å²) in [6, 6.07) is 2.04. The lowest BCUT2D eigenvalue weighted by molar-refractivity contribution is 0.0266. The number of piperidine rings is 1. The molecule has 2 rings (SSSR count). The van der Waals surface area contributed by atoms with Crippen LogP contribution >= 0.6 is 0 Å². The first-order valence-corrected chi connectivity index (χ1v) is 8.65. The quantitative estimate of drug-likeness (QED) is 0.850. The van der Waals surface area contributed by atoms with Crippen LogP contribution in [-0.4, -0.2) is 53.2 Å². The highest BCUT2D eigenvalue weighted by molar-refractivity contribution is 5.67. The van der Waals surface area contributed by atoms with Crippen LogP contribution in [0.1, 0.15) is 45.1 Å². The van der Waals surface area contributed by atoms with Crippen molar-refractivity contribution in [2.45, 2.75) is 53.1 Å². The molecular formula is C18H30N4O2. The number of hydrogen-bond donors (Lipinski definition) is 0. The largest absolute Gasteiger partial charge is 0.444 e. The van der Waals surface area contributed by atoms with Gasteiger partial charge in [0.25, 0.3) is 0 Å².